The summed E-state index contributed by atoms with van der Waals surface area (Å²) in [5.74, 6) is 0.599. The van der Waals surface area contributed by atoms with E-state index in [1.807, 2.05) is 61.5 Å². The Bertz CT molecular complexity index is 826. The van der Waals surface area contributed by atoms with E-state index in [4.69, 9.17) is 5.73 Å². The van der Waals surface area contributed by atoms with Gasteiger partial charge in [-0.05, 0) is 24.6 Å². The van der Waals surface area contributed by atoms with Gasteiger partial charge >= 0.3 is 0 Å². The maximum atomic E-state index is 12.4. The molecule has 1 unspecified atom stereocenters. The van der Waals surface area contributed by atoms with E-state index in [-0.39, 0.29) is 11.8 Å². The second kappa shape index (κ2) is 7.27. The molecule has 2 aromatic carbocycles. The molecule has 0 aliphatic carbocycles. The fourth-order valence-electron chi connectivity index (χ4n) is 2.97. The van der Waals surface area contributed by atoms with Crippen molar-refractivity contribution in [3.05, 3.63) is 66.0 Å². The highest BCUT2D eigenvalue weighted by Gasteiger charge is 2.18. The van der Waals surface area contributed by atoms with Crippen LogP contribution in [0.1, 0.15) is 17.3 Å². The van der Waals surface area contributed by atoms with Gasteiger partial charge in [0.15, 0.2) is 0 Å². The van der Waals surface area contributed by atoms with Gasteiger partial charge in [-0.25, -0.2) is 4.98 Å². The van der Waals surface area contributed by atoms with Crippen molar-refractivity contribution in [3.63, 3.8) is 0 Å². The molecule has 1 aromatic heterocycles. The number of nitrogens with two attached hydrogens (primary N) is 1. The molecule has 3 aromatic rings. The molecule has 0 aliphatic rings. The lowest BCUT2D eigenvalue weighted by Gasteiger charge is -2.16. The number of hydrogen-bond donors (Lipinski definition) is 2. The number of para-hydroxylation sites is 2. The number of imidazole rings is 1. The number of aryl methyl sites for hydroxylation is 1. The van der Waals surface area contributed by atoms with Crippen LogP contribution in [-0.2, 0) is 11.3 Å². The highest BCUT2D eigenvalue weighted by Crippen LogP contribution is 2.16. The molecule has 0 radical (unpaired) electrons. The molecular weight excluding hydrogens is 300 g/mol. The third-order valence-corrected chi connectivity index (χ3v) is 4.23. The standard InChI is InChI=1S/C19H22N4O/c1-14-22-17-9-5-6-10-18(17)23(14)12-11-21-19(24)16(13-20)15-7-3-2-4-8-15/h2-10,16H,11-13,20H2,1H3,(H,21,24). The highest BCUT2D eigenvalue weighted by atomic mass is 16.1. The summed E-state index contributed by atoms with van der Waals surface area (Å²) in [6.07, 6.45) is 0. The summed E-state index contributed by atoms with van der Waals surface area (Å²) in [5.41, 5.74) is 8.80. The van der Waals surface area contributed by atoms with Crippen LogP contribution in [0, 0.1) is 6.92 Å². The van der Waals surface area contributed by atoms with Crippen LogP contribution in [0.25, 0.3) is 11.0 Å². The number of carbonyl (C=O) groups is 1. The molecule has 1 amide bonds. The monoisotopic (exact) mass is 322 g/mol. The number of carbonyl (C=O) groups excluding carboxylic acids is 1. The van der Waals surface area contributed by atoms with E-state index in [1.165, 1.54) is 0 Å². The summed E-state index contributed by atoms with van der Waals surface area (Å²) in [6, 6.07) is 17.7. The van der Waals surface area contributed by atoms with E-state index in [2.05, 4.69) is 14.9 Å². The Morgan fingerprint density at radius 2 is 1.88 bits per heavy atom. The van der Waals surface area contributed by atoms with Crippen LogP contribution in [-0.4, -0.2) is 28.5 Å². The minimum absolute atomic E-state index is 0.0363. The molecular formula is C19H22N4O. The number of amides is 1. The maximum Gasteiger partial charge on any atom is 0.228 e. The van der Waals surface area contributed by atoms with Gasteiger partial charge in [0.1, 0.15) is 5.82 Å². The molecule has 24 heavy (non-hydrogen) atoms. The van der Waals surface area contributed by atoms with Crippen LogP contribution >= 0.6 is 0 Å². The fourth-order valence-corrected chi connectivity index (χ4v) is 2.97. The number of nitrogens with one attached hydrogen (secondary N) is 1. The van der Waals surface area contributed by atoms with Crippen LogP contribution in [0.2, 0.25) is 0 Å². The SMILES string of the molecule is Cc1nc2ccccc2n1CCNC(=O)C(CN)c1ccccc1. The maximum absolute atomic E-state index is 12.4. The number of aromatic nitrogens is 2. The van der Waals surface area contributed by atoms with Gasteiger partial charge in [0.05, 0.1) is 17.0 Å². The van der Waals surface area contributed by atoms with E-state index >= 15 is 0 Å². The Hall–Kier alpha value is -2.66. The number of fused-ring (bicyclic) bond motifs is 1. The molecule has 0 saturated heterocycles. The lowest BCUT2D eigenvalue weighted by atomic mass is 9.98. The number of benzene rings is 2. The summed E-state index contributed by atoms with van der Waals surface area (Å²) in [7, 11) is 0. The smallest absolute Gasteiger partial charge is 0.228 e. The minimum Gasteiger partial charge on any atom is -0.354 e. The second-order valence-corrected chi connectivity index (χ2v) is 5.79. The third-order valence-electron chi connectivity index (χ3n) is 4.23. The Kier molecular flexibility index (Phi) is 4.91. The summed E-state index contributed by atoms with van der Waals surface area (Å²) in [6.45, 7) is 3.50. The van der Waals surface area contributed by atoms with Gasteiger partial charge in [0, 0.05) is 19.6 Å². The van der Waals surface area contributed by atoms with Crippen molar-refractivity contribution in [2.75, 3.05) is 13.1 Å². The zero-order valence-electron chi connectivity index (χ0n) is 13.8. The average Bonchev–Trinajstić information content (AvgIpc) is 2.92. The molecule has 124 valence electrons. The van der Waals surface area contributed by atoms with Crippen LogP contribution in [0.15, 0.2) is 54.6 Å². The van der Waals surface area contributed by atoms with E-state index in [0.717, 1.165) is 22.4 Å². The Morgan fingerprint density at radius 3 is 2.62 bits per heavy atom. The lowest BCUT2D eigenvalue weighted by molar-refractivity contribution is -0.122. The predicted molar refractivity (Wildman–Crippen MR) is 95.7 cm³/mol. The van der Waals surface area contributed by atoms with Gasteiger partial charge in [-0.3, -0.25) is 4.79 Å². The topological polar surface area (TPSA) is 72.9 Å². The van der Waals surface area contributed by atoms with Gasteiger partial charge in [-0.2, -0.15) is 0 Å². The number of nitrogens with zero attached hydrogens (tertiary/aromatic N) is 2. The lowest BCUT2D eigenvalue weighted by Crippen LogP contribution is -2.35. The van der Waals surface area contributed by atoms with Crippen molar-refractivity contribution in [2.45, 2.75) is 19.4 Å². The highest BCUT2D eigenvalue weighted by molar-refractivity contribution is 5.84. The molecule has 0 spiro atoms. The average molecular weight is 322 g/mol. The van der Waals surface area contributed by atoms with Crippen molar-refractivity contribution in [3.8, 4) is 0 Å². The summed E-state index contributed by atoms with van der Waals surface area (Å²) < 4.78 is 2.12. The van der Waals surface area contributed by atoms with Gasteiger partial charge in [0.2, 0.25) is 5.91 Å². The van der Waals surface area contributed by atoms with Crippen LogP contribution in [0.4, 0.5) is 0 Å². The number of hydrogen-bond acceptors (Lipinski definition) is 3. The van der Waals surface area contributed by atoms with E-state index < -0.39 is 0 Å². The molecule has 0 aliphatic heterocycles. The van der Waals surface area contributed by atoms with E-state index in [1.54, 1.807) is 0 Å². The first-order chi connectivity index (χ1) is 11.7. The molecule has 5 heteroatoms. The largest absolute Gasteiger partial charge is 0.354 e. The summed E-state index contributed by atoms with van der Waals surface area (Å²) in [5, 5.41) is 2.99. The first-order valence-corrected chi connectivity index (χ1v) is 8.15. The quantitative estimate of drug-likeness (QED) is 0.731. The molecule has 3 N–H and O–H groups in total. The summed E-state index contributed by atoms with van der Waals surface area (Å²) in [4.78, 5) is 17.0. The molecule has 5 nitrogen and oxygen atoms in total. The first-order valence-electron chi connectivity index (χ1n) is 8.15. The third kappa shape index (κ3) is 3.31. The molecule has 0 bridgehead atoms. The Labute approximate surface area is 141 Å². The van der Waals surface area contributed by atoms with Gasteiger partial charge < -0.3 is 15.6 Å². The normalized spacial score (nSPS) is 12.2. The molecule has 0 saturated carbocycles. The van der Waals surface area contributed by atoms with Gasteiger partial charge in [-0.1, -0.05) is 42.5 Å². The van der Waals surface area contributed by atoms with Crippen LogP contribution in [0.3, 0.4) is 0 Å². The van der Waals surface area contributed by atoms with Gasteiger partial charge in [0.25, 0.3) is 0 Å². The molecule has 1 atom stereocenters. The first kappa shape index (κ1) is 16.2. The predicted octanol–water partition coefficient (Wildman–Crippen LogP) is 2.20. The summed E-state index contributed by atoms with van der Waals surface area (Å²) >= 11 is 0. The van der Waals surface area contributed by atoms with E-state index in [9.17, 15) is 4.79 Å². The van der Waals surface area contributed by atoms with E-state index in [0.29, 0.717) is 19.6 Å². The molecule has 0 fully saturated rings. The molecule has 1 heterocycles. The molecule has 3 rings (SSSR count). The zero-order chi connectivity index (χ0) is 16.9. The minimum atomic E-state index is -0.313. The van der Waals surface area contributed by atoms with Crippen molar-refractivity contribution >= 4 is 16.9 Å². The van der Waals surface area contributed by atoms with Crippen LogP contribution < -0.4 is 11.1 Å². The van der Waals surface area contributed by atoms with Crippen LogP contribution in [0.5, 0.6) is 0 Å². The van der Waals surface area contributed by atoms with Crippen molar-refractivity contribution in [2.24, 2.45) is 5.73 Å². The van der Waals surface area contributed by atoms with Crippen molar-refractivity contribution in [1.29, 1.82) is 0 Å². The fraction of sp³-hybridized carbons (Fsp3) is 0.263. The second-order valence-electron chi connectivity index (χ2n) is 5.79. The van der Waals surface area contributed by atoms with Crippen molar-refractivity contribution in [1.82, 2.24) is 14.9 Å². The number of rotatable bonds is 6. The van der Waals surface area contributed by atoms with Gasteiger partial charge in [-0.15, -0.1) is 0 Å². The zero-order valence-corrected chi connectivity index (χ0v) is 13.8. The Morgan fingerprint density at radius 1 is 1.17 bits per heavy atom. The Balaban J connectivity index is 1.65. The van der Waals surface area contributed by atoms with Crippen molar-refractivity contribution < 1.29 is 4.79 Å².